The normalized spacial score (nSPS) is 21.0. The Morgan fingerprint density at radius 2 is 2.40 bits per heavy atom. The molecule has 0 radical (unpaired) electrons. The molecule has 0 aromatic carbocycles. The molecule has 4 heteroatoms. The number of nitrogens with zero attached hydrogens (tertiary/aromatic N) is 3. The van der Waals surface area contributed by atoms with Crippen LogP contribution in [0.3, 0.4) is 0 Å². The molecule has 1 atom stereocenters. The van der Waals surface area contributed by atoms with Gasteiger partial charge in [0.05, 0.1) is 0 Å². The van der Waals surface area contributed by atoms with Gasteiger partial charge in [0.15, 0.2) is 0 Å². The quantitative estimate of drug-likeness (QED) is 0.691. The second kappa shape index (κ2) is 4.18. The Balaban J connectivity index is 2.21. The lowest BCUT2D eigenvalue weighted by atomic mass is 9.86. The van der Waals surface area contributed by atoms with E-state index >= 15 is 0 Å². The summed E-state index contributed by atoms with van der Waals surface area (Å²) in [4.78, 5) is 19.2. The van der Waals surface area contributed by atoms with Gasteiger partial charge in [0.1, 0.15) is 11.9 Å². The molecule has 2 rings (SSSR count). The van der Waals surface area contributed by atoms with E-state index in [1.807, 2.05) is 6.07 Å². The first-order chi connectivity index (χ1) is 7.29. The lowest BCUT2D eigenvalue weighted by molar-refractivity contribution is -0.120. The van der Waals surface area contributed by atoms with Crippen LogP contribution in [0, 0.1) is 11.3 Å². The first kappa shape index (κ1) is 9.78. The molecule has 0 saturated heterocycles. The van der Waals surface area contributed by atoms with Crippen LogP contribution in [-0.4, -0.2) is 15.8 Å². The molecule has 1 aliphatic rings. The third-order valence-electron chi connectivity index (χ3n) is 2.68. The number of carbonyl (C=O) groups is 1. The Kier molecular flexibility index (Phi) is 2.72. The van der Waals surface area contributed by atoms with E-state index in [2.05, 4.69) is 9.97 Å². The highest BCUT2D eigenvalue weighted by Crippen LogP contribution is 2.29. The summed E-state index contributed by atoms with van der Waals surface area (Å²) < 4.78 is 0. The van der Waals surface area contributed by atoms with Gasteiger partial charge in [-0.15, -0.1) is 0 Å². The fourth-order valence-corrected chi connectivity index (χ4v) is 1.93. The first-order valence-corrected chi connectivity index (χ1v) is 5.04. The average molecular weight is 201 g/mol. The highest BCUT2D eigenvalue weighted by molar-refractivity contribution is 5.79. The van der Waals surface area contributed by atoms with Crippen LogP contribution in [0.1, 0.15) is 43.1 Å². The third kappa shape index (κ3) is 2.18. The van der Waals surface area contributed by atoms with Crippen molar-refractivity contribution >= 4 is 5.78 Å². The Bertz CT molecular complexity index is 422. The Labute approximate surface area is 88.0 Å². The standard InChI is InChI=1S/C11H11N3O/c12-7-11-13-5-4-10(14-11)8-2-1-3-9(15)6-8/h4-5,8H,1-3,6H2. The molecule has 0 bridgehead atoms. The number of aromatic nitrogens is 2. The van der Waals surface area contributed by atoms with Gasteiger partial charge in [-0.3, -0.25) is 4.79 Å². The SMILES string of the molecule is N#Cc1nccc(C2CCCC(=O)C2)n1. The zero-order valence-corrected chi connectivity index (χ0v) is 8.31. The summed E-state index contributed by atoms with van der Waals surface area (Å²) in [5.41, 5.74) is 0.828. The predicted octanol–water partition coefficient (Wildman–Crippen LogP) is 1.57. The summed E-state index contributed by atoms with van der Waals surface area (Å²) in [5, 5.41) is 8.67. The molecule has 0 amide bonds. The maximum atomic E-state index is 11.3. The van der Waals surface area contributed by atoms with Crippen LogP contribution in [-0.2, 0) is 4.79 Å². The van der Waals surface area contributed by atoms with Gasteiger partial charge in [0.2, 0.25) is 5.82 Å². The summed E-state index contributed by atoms with van der Waals surface area (Å²) in [6, 6.07) is 3.71. The van der Waals surface area contributed by atoms with Crippen molar-refractivity contribution in [2.24, 2.45) is 0 Å². The summed E-state index contributed by atoms with van der Waals surface area (Å²) >= 11 is 0. The van der Waals surface area contributed by atoms with Gasteiger partial charge in [-0.25, -0.2) is 9.97 Å². The maximum absolute atomic E-state index is 11.3. The molecule has 1 saturated carbocycles. The Morgan fingerprint density at radius 1 is 1.53 bits per heavy atom. The van der Waals surface area contributed by atoms with Crippen molar-refractivity contribution in [3.63, 3.8) is 0 Å². The molecule has 1 fully saturated rings. The van der Waals surface area contributed by atoms with Crippen molar-refractivity contribution in [1.29, 1.82) is 5.26 Å². The van der Waals surface area contributed by atoms with Crippen LogP contribution in [0.15, 0.2) is 12.3 Å². The zero-order chi connectivity index (χ0) is 10.7. The monoisotopic (exact) mass is 201 g/mol. The molecule has 1 heterocycles. The molecule has 0 spiro atoms. The molecule has 0 N–H and O–H groups in total. The Morgan fingerprint density at radius 3 is 3.13 bits per heavy atom. The minimum Gasteiger partial charge on any atom is -0.300 e. The lowest BCUT2D eigenvalue weighted by Crippen LogP contribution is -2.14. The van der Waals surface area contributed by atoms with Crippen molar-refractivity contribution in [2.75, 3.05) is 0 Å². The van der Waals surface area contributed by atoms with Crippen LogP contribution < -0.4 is 0 Å². The molecule has 0 aliphatic heterocycles. The smallest absolute Gasteiger partial charge is 0.232 e. The van der Waals surface area contributed by atoms with Crippen LogP contribution in [0.2, 0.25) is 0 Å². The fourth-order valence-electron chi connectivity index (χ4n) is 1.93. The molecule has 15 heavy (non-hydrogen) atoms. The van der Waals surface area contributed by atoms with Gasteiger partial charge in [0, 0.05) is 30.7 Å². The van der Waals surface area contributed by atoms with Crippen LogP contribution in [0.4, 0.5) is 0 Å². The second-order valence-corrected chi connectivity index (χ2v) is 3.75. The van der Waals surface area contributed by atoms with Crippen LogP contribution in [0.25, 0.3) is 0 Å². The minimum absolute atomic E-state index is 0.182. The van der Waals surface area contributed by atoms with Gasteiger partial charge in [-0.05, 0) is 18.9 Å². The highest BCUT2D eigenvalue weighted by atomic mass is 16.1. The number of hydrogen-bond acceptors (Lipinski definition) is 4. The van der Waals surface area contributed by atoms with Gasteiger partial charge in [0.25, 0.3) is 0 Å². The fraction of sp³-hybridized carbons (Fsp3) is 0.455. The van der Waals surface area contributed by atoms with E-state index in [0.717, 1.165) is 18.5 Å². The Hall–Kier alpha value is -1.76. The predicted molar refractivity (Wildman–Crippen MR) is 53.0 cm³/mol. The van der Waals surface area contributed by atoms with Crippen molar-refractivity contribution in [2.45, 2.75) is 31.6 Å². The van der Waals surface area contributed by atoms with Gasteiger partial charge >= 0.3 is 0 Å². The number of carbonyl (C=O) groups excluding carboxylic acids is 1. The van der Waals surface area contributed by atoms with Gasteiger partial charge in [-0.2, -0.15) is 5.26 Å². The van der Waals surface area contributed by atoms with Crippen LogP contribution >= 0.6 is 0 Å². The third-order valence-corrected chi connectivity index (χ3v) is 2.68. The summed E-state index contributed by atoms with van der Waals surface area (Å²) in [6.07, 6.45) is 4.73. The minimum atomic E-state index is 0.182. The lowest BCUT2D eigenvalue weighted by Gasteiger charge is -2.19. The summed E-state index contributed by atoms with van der Waals surface area (Å²) in [6.45, 7) is 0. The van der Waals surface area contributed by atoms with E-state index < -0.39 is 0 Å². The zero-order valence-electron chi connectivity index (χ0n) is 8.31. The number of hydrogen-bond donors (Lipinski definition) is 0. The van der Waals surface area contributed by atoms with E-state index in [0.29, 0.717) is 18.6 Å². The largest absolute Gasteiger partial charge is 0.300 e. The average Bonchev–Trinajstić information content (AvgIpc) is 2.29. The molecule has 76 valence electrons. The molecule has 1 unspecified atom stereocenters. The van der Waals surface area contributed by atoms with Gasteiger partial charge < -0.3 is 0 Å². The van der Waals surface area contributed by atoms with Crippen molar-refractivity contribution in [3.05, 3.63) is 23.8 Å². The number of ketones is 1. The molecule has 1 aromatic heterocycles. The number of Topliss-reactive ketones (excluding diaryl/α,β-unsaturated/α-hetero) is 1. The first-order valence-electron chi connectivity index (χ1n) is 5.04. The molecular formula is C11H11N3O. The number of rotatable bonds is 1. The second-order valence-electron chi connectivity index (χ2n) is 3.75. The molecule has 1 aromatic rings. The number of nitriles is 1. The van der Waals surface area contributed by atoms with Crippen LogP contribution in [0.5, 0.6) is 0 Å². The van der Waals surface area contributed by atoms with Crippen molar-refractivity contribution < 1.29 is 4.79 Å². The van der Waals surface area contributed by atoms with Crippen molar-refractivity contribution in [3.8, 4) is 6.07 Å². The van der Waals surface area contributed by atoms with E-state index in [4.69, 9.17) is 5.26 Å². The summed E-state index contributed by atoms with van der Waals surface area (Å²) in [7, 11) is 0. The highest BCUT2D eigenvalue weighted by Gasteiger charge is 2.22. The maximum Gasteiger partial charge on any atom is 0.232 e. The van der Waals surface area contributed by atoms with Gasteiger partial charge in [-0.1, -0.05) is 0 Å². The van der Waals surface area contributed by atoms with E-state index in [1.54, 1.807) is 12.3 Å². The molecular weight excluding hydrogens is 190 g/mol. The van der Waals surface area contributed by atoms with E-state index in [1.165, 1.54) is 0 Å². The van der Waals surface area contributed by atoms with E-state index in [-0.39, 0.29) is 11.7 Å². The summed E-state index contributed by atoms with van der Waals surface area (Å²) in [5.74, 6) is 0.662. The van der Waals surface area contributed by atoms with E-state index in [9.17, 15) is 4.79 Å². The topological polar surface area (TPSA) is 66.6 Å². The molecule has 1 aliphatic carbocycles. The molecule has 4 nitrogen and oxygen atoms in total. The van der Waals surface area contributed by atoms with Crippen molar-refractivity contribution in [1.82, 2.24) is 9.97 Å².